The van der Waals surface area contributed by atoms with E-state index in [1.807, 2.05) is 0 Å². The molecular weight excluding hydrogens is 243 g/mol. The van der Waals surface area contributed by atoms with Crippen LogP contribution < -0.4 is 4.74 Å². The minimum absolute atomic E-state index is 0.134. The highest BCUT2D eigenvalue weighted by molar-refractivity contribution is 5.69. The van der Waals surface area contributed by atoms with Crippen LogP contribution in [0.15, 0.2) is 18.2 Å². The first kappa shape index (κ1) is 14.4. The van der Waals surface area contributed by atoms with Crippen molar-refractivity contribution in [3.05, 3.63) is 29.6 Å². The van der Waals surface area contributed by atoms with Gasteiger partial charge in [-0.2, -0.15) is 0 Å². The lowest BCUT2D eigenvalue weighted by Crippen LogP contribution is -2.23. The number of esters is 1. The van der Waals surface area contributed by atoms with Gasteiger partial charge >= 0.3 is 5.97 Å². The smallest absolute Gasteiger partial charge is 0.308 e. The molecule has 18 heavy (non-hydrogen) atoms. The summed E-state index contributed by atoms with van der Waals surface area (Å²) in [5, 5.41) is 19.4. The fraction of sp³-hybridized carbons (Fsp3) is 0.417. The van der Waals surface area contributed by atoms with E-state index in [1.54, 1.807) is 0 Å². The monoisotopic (exact) mass is 258 g/mol. The van der Waals surface area contributed by atoms with Crippen molar-refractivity contribution in [2.75, 3.05) is 14.2 Å². The molecule has 100 valence electrons. The molecule has 2 atom stereocenters. The van der Waals surface area contributed by atoms with Crippen molar-refractivity contribution in [3.63, 3.8) is 0 Å². The number of ether oxygens (including phenoxy) is 2. The van der Waals surface area contributed by atoms with Crippen LogP contribution in [0.5, 0.6) is 5.75 Å². The molecule has 0 bridgehead atoms. The molecule has 1 rings (SSSR count). The Labute approximate surface area is 104 Å². The zero-order chi connectivity index (χ0) is 13.7. The predicted octanol–water partition coefficient (Wildman–Crippen LogP) is 0.792. The molecule has 0 aliphatic rings. The molecule has 0 radical (unpaired) electrons. The lowest BCUT2D eigenvalue weighted by molar-refractivity contribution is -0.144. The molecule has 5 nitrogen and oxygen atoms in total. The van der Waals surface area contributed by atoms with Gasteiger partial charge in [-0.3, -0.25) is 4.79 Å². The number of methoxy groups -OCH3 is 2. The number of carbonyl (C=O) groups is 1. The maximum atomic E-state index is 13.5. The highest BCUT2D eigenvalue weighted by atomic mass is 19.1. The molecule has 2 N–H and O–H groups in total. The first-order valence-electron chi connectivity index (χ1n) is 5.26. The summed E-state index contributed by atoms with van der Waals surface area (Å²) in [7, 11) is 2.56. The average Bonchev–Trinajstić information content (AvgIpc) is 2.38. The van der Waals surface area contributed by atoms with Gasteiger partial charge in [-0.15, -0.1) is 0 Å². The summed E-state index contributed by atoms with van der Waals surface area (Å²) in [6, 6.07) is 3.76. The van der Waals surface area contributed by atoms with E-state index in [2.05, 4.69) is 4.74 Å². The summed E-state index contributed by atoms with van der Waals surface area (Å²) in [6.07, 6.45) is -3.40. The van der Waals surface area contributed by atoms with Gasteiger partial charge in [0.25, 0.3) is 0 Å². The van der Waals surface area contributed by atoms with Gasteiger partial charge in [0, 0.05) is 5.56 Å². The molecule has 1 aromatic carbocycles. The van der Waals surface area contributed by atoms with Gasteiger partial charge in [-0.05, 0) is 18.2 Å². The number of aliphatic hydroxyl groups excluding tert-OH is 2. The summed E-state index contributed by atoms with van der Waals surface area (Å²) < 4.78 is 22.7. The molecule has 0 saturated carbocycles. The lowest BCUT2D eigenvalue weighted by atomic mass is 10.0. The number of carbonyl (C=O) groups excluding carboxylic acids is 1. The first-order chi connectivity index (χ1) is 8.49. The number of halogens is 1. The molecule has 6 heteroatoms. The lowest BCUT2D eigenvalue weighted by Gasteiger charge is -2.18. The van der Waals surface area contributed by atoms with Crippen molar-refractivity contribution in [3.8, 4) is 5.75 Å². The van der Waals surface area contributed by atoms with E-state index in [9.17, 15) is 19.4 Å². The first-order valence-corrected chi connectivity index (χ1v) is 5.26. The summed E-state index contributed by atoms with van der Waals surface area (Å²) in [4.78, 5) is 11.0. The van der Waals surface area contributed by atoms with Gasteiger partial charge < -0.3 is 19.7 Å². The van der Waals surface area contributed by atoms with Crippen molar-refractivity contribution in [2.45, 2.75) is 18.6 Å². The van der Waals surface area contributed by atoms with Crippen molar-refractivity contribution in [1.82, 2.24) is 0 Å². The Morgan fingerprint density at radius 3 is 2.61 bits per heavy atom. The van der Waals surface area contributed by atoms with E-state index in [1.165, 1.54) is 19.2 Å². The van der Waals surface area contributed by atoms with Gasteiger partial charge in [0.2, 0.25) is 0 Å². The van der Waals surface area contributed by atoms with Crippen LogP contribution in [0.1, 0.15) is 18.1 Å². The minimum atomic E-state index is -1.53. The number of rotatable bonds is 5. The largest absolute Gasteiger partial charge is 0.497 e. The van der Waals surface area contributed by atoms with Crippen LogP contribution in [0.25, 0.3) is 0 Å². The standard InChI is InChI=1S/C12H15FO5/c1-17-7-3-4-9(13)8(5-7)12(16)10(14)6-11(15)18-2/h3-5,10,12,14,16H,6H2,1-2H3. The van der Waals surface area contributed by atoms with Gasteiger partial charge in [-0.1, -0.05) is 0 Å². The number of benzene rings is 1. The molecule has 0 amide bonds. The Kier molecular flexibility index (Phi) is 5.06. The average molecular weight is 258 g/mol. The maximum Gasteiger partial charge on any atom is 0.308 e. The van der Waals surface area contributed by atoms with Gasteiger partial charge in [0.15, 0.2) is 0 Å². The van der Waals surface area contributed by atoms with Crippen LogP contribution in [-0.2, 0) is 9.53 Å². The summed E-state index contributed by atoms with van der Waals surface area (Å²) >= 11 is 0. The van der Waals surface area contributed by atoms with Gasteiger partial charge in [0.05, 0.1) is 26.7 Å². The molecule has 0 saturated heterocycles. The summed E-state index contributed by atoms with van der Waals surface area (Å²) in [6.45, 7) is 0. The van der Waals surface area contributed by atoms with E-state index in [0.717, 1.165) is 13.2 Å². The van der Waals surface area contributed by atoms with Crippen LogP contribution in [0.4, 0.5) is 4.39 Å². The summed E-state index contributed by atoms with van der Waals surface area (Å²) in [5.74, 6) is -1.03. The third-order valence-corrected chi connectivity index (χ3v) is 2.49. The second-order valence-corrected chi connectivity index (χ2v) is 3.68. The van der Waals surface area contributed by atoms with Gasteiger partial charge in [-0.25, -0.2) is 4.39 Å². The zero-order valence-corrected chi connectivity index (χ0v) is 10.1. The topological polar surface area (TPSA) is 76.0 Å². The van der Waals surface area contributed by atoms with Crippen LogP contribution in [-0.4, -0.2) is 36.5 Å². The van der Waals surface area contributed by atoms with Crippen LogP contribution in [0, 0.1) is 5.82 Å². The fourth-order valence-electron chi connectivity index (χ4n) is 1.45. The third-order valence-electron chi connectivity index (χ3n) is 2.49. The molecule has 2 unspecified atom stereocenters. The highest BCUT2D eigenvalue weighted by Crippen LogP contribution is 2.26. The third kappa shape index (κ3) is 3.41. The highest BCUT2D eigenvalue weighted by Gasteiger charge is 2.24. The molecule has 0 spiro atoms. The Morgan fingerprint density at radius 2 is 2.06 bits per heavy atom. The van der Waals surface area contributed by atoms with E-state index in [4.69, 9.17) is 4.74 Å². The fourth-order valence-corrected chi connectivity index (χ4v) is 1.45. The predicted molar refractivity (Wildman–Crippen MR) is 60.6 cm³/mol. The molecule has 1 aromatic rings. The van der Waals surface area contributed by atoms with E-state index in [-0.39, 0.29) is 5.56 Å². The van der Waals surface area contributed by atoms with Crippen LogP contribution >= 0.6 is 0 Å². The Bertz CT molecular complexity index is 421. The van der Waals surface area contributed by atoms with E-state index < -0.39 is 30.4 Å². The maximum absolute atomic E-state index is 13.5. The Morgan fingerprint density at radius 1 is 1.39 bits per heavy atom. The van der Waals surface area contributed by atoms with Crippen molar-refractivity contribution in [2.24, 2.45) is 0 Å². The SMILES string of the molecule is COC(=O)CC(O)C(O)c1cc(OC)ccc1F. The van der Waals surface area contributed by atoms with Crippen LogP contribution in [0.2, 0.25) is 0 Å². The quantitative estimate of drug-likeness (QED) is 0.764. The molecule has 0 aliphatic carbocycles. The molecule has 0 aliphatic heterocycles. The normalized spacial score (nSPS) is 13.8. The second-order valence-electron chi connectivity index (χ2n) is 3.68. The van der Waals surface area contributed by atoms with E-state index in [0.29, 0.717) is 5.75 Å². The zero-order valence-electron chi connectivity index (χ0n) is 10.1. The van der Waals surface area contributed by atoms with Crippen molar-refractivity contribution >= 4 is 5.97 Å². The Balaban J connectivity index is 2.88. The molecular formula is C12H15FO5. The number of hydrogen-bond acceptors (Lipinski definition) is 5. The van der Waals surface area contributed by atoms with E-state index >= 15 is 0 Å². The number of aliphatic hydroxyl groups is 2. The van der Waals surface area contributed by atoms with Crippen LogP contribution in [0.3, 0.4) is 0 Å². The summed E-state index contributed by atoms with van der Waals surface area (Å²) in [5.41, 5.74) is -0.134. The second kappa shape index (κ2) is 6.32. The molecule has 0 aromatic heterocycles. The molecule has 0 heterocycles. The van der Waals surface area contributed by atoms with Crippen molar-refractivity contribution < 1.29 is 28.9 Å². The minimum Gasteiger partial charge on any atom is -0.497 e. The number of hydrogen-bond donors (Lipinski definition) is 2. The Hall–Kier alpha value is -1.66. The molecule has 0 fully saturated rings. The van der Waals surface area contributed by atoms with Crippen molar-refractivity contribution in [1.29, 1.82) is 0 Å². The van der Waals surface area contributed by atoms with Gasteiger partial charge in [0.1, 0.15) is 17.7 Å².